The van der Waals surface area contributed by atoms with Crippen LogP contribution in [0.5, 0.6) is 0 Å². The van der Waals surface area contributed by atoms with Gasteiger partial charge in [0.2, 0.25) is 0 Å². The van der Waals surface area contributed by atoms with Gasteiger partial charge in [-0.15, -0.1) is 0 Å². The van der Waals surface area contributed by atoms with Crippen LogP contribution in [0.4, 0.5) is 0 Å². The van der Waals surface area contributed by atoms with Crippen molar-refractivity contribution in [2.75, 3.05) is 0 Å². The first kappa shape index (κ1) is 19.8. The second-order valence-corrected chi connectivity index (χ2v) is 15.9. The van der Waals surface area contributed by atoms with E-state index < -0.39 is 60.0 Å². The van der Waals surface area contributed by atoms with Crippen molar-refractivity contribution >= 4 is 60.0 Å². The molecule has 2 aromatic carbocycles. The summed E-state index contributed by atoms with van der Waals surface area (Å²) >= 11 is 0. The van der Waals surface area contributed by atoms with E-state index in [1.165, 1.54) is 11.1 Å². The van der Waals surface area contributed by atoms with Crippen LogP contribution in [0, 0.1) is 0 Å². The number of hydrogen-bond acceptors (Lipinski definition) is 6. The Morgan fingerprint density at radius 1 is 0.375 bits per heavy atom. The van der Waals surface area contributed by atoms with E-state index in [4.69, 9.17) is 24.7 Å². The first-order valence-electron chi connectivity index (χ1n) is 7.54. The van der Waals surface area contributed by atoms with Gasteiger partial charge < -0.3 is 24.7 Å². The van der Waals surface area contributed by atoms with Gasteiger partial charge in [0.25, 0.3) is 60.0 Å². The second-order valence-electron chi connectivity index (χ2n) is 4.66. The van der Waals surface area contributed by atoms with E-state index in [-0.39, 0.29) is 0 Å². The van der Waals surface area contributed by atoms with Crippen molar-refractivity contribution < 1.29 is 24.7 Å². The molecule has 0 atom stereocenters. The van der Waals surface area contributed by atoms with Crippen LogP contribution in [0.15, 0.2) is 60.7 Å². The van der Waals surface area contributed by atoms with E-state index in [2.05, 4.69) is 48.5 Å². The Morgan fingerprint density at radius 3 is 0.875 bits per heavy atom. The molecule has 1 aliphatic rings. The van der Waals surface area contributed by atoms with Crippen LogP contribution in [-0.4, -0.2) is 60.0 Å². The molecule has 0 bridgehead atoms. The van der Waals surface area contributed by atoms with Crippen LogP contribution in [0.1, 0.15) is 0 Å². The summed E-state index contributed by atoms with van der Waals surface area (Å²) in [6.07, 6.45) is 0. The zero-order valence-electron chi connectivity index (χ0n) is 13.5. The number of rotatable bonds is 1. The van der Waals surface area contributed by atoms with Gasteiger partial charge in [0.1, 0.15) is 0 Å². The molecule has 0 spiro atoms. The maximum atomic E-state index is 5.24. The molecule has 12 heteroatoms. The van der Waals surface area contributed by atoms with Gasteiger partial charge >= 0.3 is 0 Å². The molecule has 0 radical (unpaired) electrons. The zero-order chi connectivity index (χ0) is 16.7. The highest BCUT2D eigenvalue weighted by Gasteiger charge is 1.97. The van der Waals surface area contributed by atoms with Crippen LogP contribution in [0.25, 0.3) is 11.1 Å². The van der Waals surface area contributed by atoms with Gasteiger partial charge in [-0.25, -0.2) is 0 Å². The summed E-state index contributed by atoms with van der Waals surface area (Å²) in [6.45, 7) is 0. The molecule has 0 saturated carbocycles. The normalized spacial score (nSPS) is 22.8. The minimum Gasteiger partial charge on any atom is -0.425 e. The third-order valence-electron chi connectivity index (χ3n) is 2.88. The Morgan fingerprint density at radius 2 is 0.625 bits per heavy atom. The molecule has 0 aliphatic carbocycles. The topological polar surface area (TPSA) is 55.4 Å². The molecular formula is C12H22O6Si6. The first-order chi connectivity index (χ1) is 12.0. The van der Waals surface area contributed by atoms with Crippen molar-refractivity contribution in [3.8, 4) is 11.1 Å². The molecule has 130 valence electrons. The Kier molecular flexibility index (Phi) is 11.4. The lowest BCUT2D eigenvalue weighted by molar-refractivity contribution is 0.348. The molecule has 24 heavy (non-hydrogen) atoms. The molecule has 1 aliphatic heterocycles. The summed E-state index contributed by atoms with van der Waals surface area (Å²) < 4.78 is 31.4. The average Bonchev–Trinajstić information content (AvgIpc) is 2.64. The van der Waals surface area contributed by atoms with Crippen LogP contribution in [0.3, 0.4) is 0 Å². The van der Waals surface area contributed by atoms with Crippen LogP contribution in [0.2, 0.25) is 0 Å². The SMILES string of the molecule is O1[SiH2]O[SiH2]O[SiH2]O[SiH2]O[SiH2]O[SiH2]1.c1ccc(-c2ccccc2)cc1. The Bertz CT molecular complexity index is 456. The molecule has 3 rings (SSSR count). The largest absolute Gasteiger partial charge is 0.425 e. The number of hydrogen-bond donors (Lipinski definition) is 0. The van der Waals surface area contributed by atoms with Crippen molar-refractivity contribution in [1.82, 2.24) is 0 Å². The third kappa shape index (κ3) is 9.11. The highest BCUT2D eigenvalue weighted by molar-refractivity contribution is 6.50. The molecule has 1 fully saturated rings. The fourth-order valence-corrected chi connectivity index (χ4v) is 12.6. The van der Waals surface area contributed by atoms with Gasteiger partial charge in [-0.05, 0) is 11.1 Å². The van der Waals surface area contributed by atoms with E-state index in [1.54, 1.807) is 0 Å². The summed E-state index contributed by atoms with van der Waals surface area (Å²) in [6, 6.07) is 20.8. The summed E-state index contributed by atoms with van der Waals surface area (Å²) in [4.78, 5) is 0. The van der Waals surface area contributed by atoms with Crippen molar-refractivity contribution in [3.05, 3.63) is 60.7 Å². The van der Waals surface area contributed by atoms with Crippen LogP contribution in [-0.2, 0) is 24.7 Å². The smallest absolute Gasteiger partial charge is 0.286 e. The van der Waals surface area contributed by atoms with Crippen molar-refractivity contribution in [1.29, 1.82) is 0 Å². The Balaban J connectivity index is 0.000000174. The average molecular weight is 431 g/mol. The lowest BCUT2D eigenvalue weighted by Crippen LogP contribution is -2.23. The zero-order valence-corrected chi connectivity index (χ0v) is 22.0. The molecular weight excluding hydrogens is 409 g/mol. The van der Waals surface area contributed by atoms with E-state index >= 15 is 0 Å². The first-order valence-corrected chi connectivity index (χ1v) is 14.5. The lowest BCUT2D eigenvalue weighted by Gasteiger charge is -2.10. The van der Waals surface area contributed by atoms with Gasteiger partial charge in [-0.1, -0.05) is 60.7 Å². The standard InChI is InChI=1S/C12H10.H12O6Si6/c1-3-7-11(8-4-1)12-9-5-2-6-10-12;1-7-2-9-4-11-6-12-5-10-3-8-1/h1-10H;7-12H2. The number of benzene rings is 2. The maximum absolute atomic E-state index is 5.24. The Labute approximate surface area is 156 Å². The van der Waals surface area contributed by atoms with Gasteiger partial charge in [-0.2, -0.15) is 0 Å². The summed E-state index contributed by atoms with van der Waals surface area (Å²) in [7, 11) is -4.77. The monoisotopic (exact) mass is 430 g/mol. The van der Waals surface area contributed by atoms with E-state index in [0.29, 0.717) is 0 Å². The van der Waals surface area contributed by atoms with Crippen LogP contribution < -0.4 is 0 Å². The minimum absolute atomic E-state index is 0.795. The van der Waals surface area contributed by atoms with Crippen molar-refractivity contribution in [3.63, 3.8) is 0 Å². The minimum atomic E-state index is -0.795. The quantitative estimate of drug-likeness (QED) is 0.464. The molecule has 2 aromatic rings. The third-order valence-corrected chi connectivity index (χ3v) is 10.9. The van der Waals surface area contributed by atoms with E-state index in [0.717, 1.165) is 0 Å². The van der Waals surface area contributed by atoms with Crippen LogP contribution >= 0.6 is 0 Å². The van der Waals surface area contributed by atoms with E-state index in [1.807, 2.05) is 12.1 Å². The summed E-state index contributed by atoms with van der Waals surface area (Å²) in [5.74, 6) is 0. The van der Waals surface area contributed by atoms with Crippen molar-refractivity contribution in [2.24, 2.45) is 0 Å². The molecule has 0 N–H and O–H groups in total. The second kappa shape index (κ2) is 13.8. The molecule has 0 amide bonds. The lowest BCUT2D eigenvalue weighted by atomic mass is 10.1. The van der Waals surface area contributed by atoms with Gasteiger partial charge in [0, 0.05) is 0 Å². The molecule has 1 heterocycles. The molecule has 6 nitrogen and oxygen atoms in total. The maximum Gasteiger partial charge on any atom is 0.286 e. The highest BCUT2D eigenvalue weighted by atomic mass is 28.4. The van der Waals surface area contributed by atoms with Crippen molar-refractivity contribution in [2.45, 2.75) is 0 Å². The molecule has 0 aromatic heterocycles. The van der Waals surface area contributed by atoms with Gasteiger partial charge in [-0.3, -0.25) is 0 Å². The Hall–Kier alpha value is -0.499. The van der Waals surface area contributed by atoms with Gasteiger partial charge in [0.15, 0.2) is 0 Å². The van der Waals surface area contributed by atoms with Gasteiger partial charge in [0.05, 0.1) is 0 Å². The predicted molar refractivity (Wildman–Crippen MR) is 110 cm³/mol. The molecule has 1 saturated heterocycles. The fourth-order valence-electron chi connectivity index (χ4n) is 1.82. The van der Waals surface area contributed by atoms with E-state index in [9.17, 15) is 0 Å². The summed E-state index contributed by atoms with van der Waals surface area (Å²) in [5.41, 5.74) is 2.55. The molecule has 0 unspecified atom stereocenters. The summed E-state index contributed by atoms with van der Waals surface area (Å²) in [5, 5.41) is 0. The predicted octanol–water partition coefficient (Wildman–Crippen LogP) is -2.55. The highest BCUT2D eigenvalue weighted by Crippen LogP contribution is 2.17. The fraction of sp³-hybridized carbons (Fsp3) is 0.